The van der Waals surface area contributed by atoms with Crippen LogP contribution in [0.5, 0.6) is 0 Å². The fraction of sp³-hybridized carbons (Fsp3) is 0.222. The molecule has 0 saturated carbocycles. The average Bonchev–Trinajstić information content (AvgIpc) is 2.65. The molecule has 0 spiro atoms. The van der Waals surface area contributed by atoms with Crippen molar-refractivity contribution in [3.8, 4) is 0 Å². The SMILES string of the molecule is Cc1nsc(Sc2ncccc2CN)n1. The Hall–Kier alpha value is -0.980. The topological polar surface area (TPSA) is 64.7 Å². The van der Waals surface area contributed by atoms with Gasteiger partial charge in [0, 0.05) is 12.7 Å². The van der Waals surface area contributed by atoms with Gasteiger partial charge in [0.15, 0.2) is 4.34 Å². The molecule has 2 aromatic rings. The second-order valence-corrected chi connectivity index (χ2v) is 4.87. The Morgan fingerprint density at radius 1 is 1.53 bits per heavy atom. The Morgan fingerprint density at radius 2 is 2.40 bits per heavy atom. The number of aromatic nitrogens is 3. The van der Waals surface area contributed by atoms with E-state index in [1.54, 1.807) is 6.20 Å². The molecule has 0 bridgehead atoms. The highest BCUT2D eigenvalue weighted by Crippen LogP contribution is 2.29. The smallest absolute Gasteiger partial charge is 0.176 e. The molecule has 4 nitrogen and oxygen atoms in total. The first-order chi connectivity index (χ1) is 7.29. The minimum Gasteiger partial charge on any atom is -0.326 e. The lowest BCUT2D eigenvalue weighted by atomic mass is 10.3. The summed E-state index contributed by atoms with van der Waals surface area (Å²) in [5.74, 6) is 0.799. The van der Waals surface area contributed by atoms with Gasteiger partial charge in [-0.2, -0.15) is 4.37 Å². The molecule has 0 amide bonds. The summed E-state index contributed by atoms with van der Waals surface area (Å²) in [6, 6.07) is 3.86. The molecule has 0 aromatic carbocycles. The van der Waals surface area contributed by atoms with E-state index in [2.05, 4.69) is 14.3 Å². The third kappa shape index (κ3) is 2.53. The molecule has 0 radical (unpaired) electrons. The van der Waals surface area contributed by atoms with Crippen molar-refractivity contribution >= 4 is 23.3 Å². The van der Waals surface area contributed by atoms with E-state index in [1.165, 1.54) is 23.3 Å². The first-order valence-electron chi connectivity index (χ1n) is 4.41. The summed E-state index contributed by atoms with van der Waals surface area (Å²) in [4.78, 5) is 8.55. The Kier molecular flexibility index (Phi) is 3.30. The lowest BCUT2D eigenvalue weighted by Crippen LogP contribution is -1.99. The summed E-state index contributed by atoms with van der Waals surface area (Å²) in [5, 5.41) is 0.913. The molecule has 78 valence electrons. The summed E-state index contributed by atoms with van der Waals surface area (Å²) >= 11 is 2.90. The number of nitrogens with two attached hydrogens (primary N) is 1. The number of hydrogen-bond donors (Lipinski definition) is 1. The van der Waals surface area contributed by atoms with Gasteiger partial charge in [-0.15, -0.1) is 0 Å². The molecule has 0 aliphatic carbocycles. The van der Waals surface area contributed by atoms with Gasteiger partial charge in [0.05, 0.1) is 0 Å². The second-order valence-electron chi connectivity index (χ2n) is 2.88. The van der Waals surface area contributed by atoms with Crippen molar-refractivity contribution in [1.82, 2.24) is 14.3 Å². The molecule has 15 heavy (non-hydrogen) atoms. The summed E-state index contributed by atoms with van der Waals surface area (Å²) in [6.07, 6.45) is 1.76. The van der Waals surface area contributed by atoms with Crippen LogP contribution in [0.15, 0.2) is 27.7 Å². The van der Waals surface area contributed by atoms with Gasteiger partial charge in [-0.05, 0) is 41.8 Å². The van der Waals surface area contributed by atoms with Gasteiger partial charge in [-0.1, -0.05) is 6.07 Å². The highest BCUT2D eigenvalue weighted by molar-refractivity contribution is 8.00. The molecule has 0 fully saturated rings. The molecule has 0 atom stereocenters. The van der Waals surface area contributed by atoms with Crippen molar-refractivity contribution < 1.29 is 0 Å². The van der Waals surface area contributed by atoms with Crippen LogP contribution in [-0.2, 0) is 6.54 Å². The molecule has 2 rings (SSSR count). The summed E-state index contributed by atoms with van der Waals surface area (Å²) in [5.41, 5.74) is 6.66. The third-order valence-corrected chi connectivity index (χ3v) is 3.67. The van der Waals surface area contributed by atoms with E-state index in [-0.39, 0.29) is 0 Å². The van der Waals surface area contributed by atoms with Crippen molar-refractivity contribution in [2.45, 2.75) is 22.8 Å². The van der Waals surface area contributed by atoms with E-state index in [4.69, 9.17) is 5.73 Å². The highest BCUT2D eigenvalue weighted by atomic mass is 32.2. The van der Waals surface area contributed by atoms with E-state index >= 15 is 0 Å². The van der Waals surface area contributed by atoms with Crippen LogP contribution in [0.25, 0.3) is 0 Å². The Morgan fingerprint density at radius 3 is 3.07 bits per heavy atom. The van der Waals surface area contributed by atoms with Gasteiger partial charge in [0.2, 0.25) is 0 Å². The predicted octanol–water partition coefficient (Wildman–Crippen LogP) is 1.85. The molecular weight excluding hydrogens is 228 g/mol. The van der Waals surface area contributed by atoms with Gasteiger partial charge < -0.3 is 5.73 Å². The molecule has 0 aliphatic rings. The second kappa shape index (κ2) is 4.69. The maximum atomic E-state index is 5.62. The van der Waals surface area contributed by atoms with Crippen molar-refractivity contribution in [2.75, 3.05) is 0 Å². The maximum absolute atomic E-state index is 5.62. The average molecular weight is 238 g/mol. The number of aryl methyl sites for hydroxylation is 1. The molecule has 0 aliphatic heterocycles. The lowest BCUT2D eigenvalue weighted by molar-refractivity contribution is 0.961. The first-order valence-corrected chi connectivity index (χ1v) is 6.00. The van der Waals surface area contributed by atoms with Gasteiger partial charge in [0.1, 0.15) is 10.9 Å². The van der Waals surface area contributed by atoms with Gasteiger partial charge >= 0.3 is 0 Å². The van der Waals surface area contributed by atoms with E-state index in [9.17, 15) is 0 Å². The molecule has 2 aromatic heterocycles. The van der Waals surface area contributed by atoms with Gasteiger partial charge in [0.25, 0.3) is 0 Å². The van der Waals surface area contributed by atoms with Crippen molar-refractivity contribution in [3.63, 3.8) is 0 Å². The Labute approximate surface area is 96.1 Å². The number of hydrogen-bond acceptors (Lipinski definition) is 6. The zero-order chi connectivity index (χ0) is 10.7. The van der Waals surface area contributed by atoms with Crippen LogP contribution in [0.1, 0.15) is 11.4 Å². The largest absolute Gasteiger partial charge is 0.326 e. The van der Waals surface area contributed by atoms with Gasteiger partial charge in [-0.3, -0.25) is 0 Å². The Bertz CT molecular complexity index is 455. The molecule has 6 heteroatoms. The third-order valence-electron chi connectivity index (χ3n) is 1.76. The molecule has 2 N–H and O–H groups in total. The van der Waals surface area contributed by atoms with Crippen LogP contribution >= 0.6 is 23.3 Å². The number of nitrogens with zero attached hydrogens (tertiary/aromatic N) is 3. The summed E-state index contributed by atoms with van der Waals surface area (Å²) in [7, 11) is 0. The fourth-order valence-corrected chi connectivity index (χ4v) is 2.73. The van der Waals surface area contributed by atoms with E-state index in [1.807, 2.05) is 19.1 Å². The molecule has 2 heterocycles. The van der Waals surface area contributed by atoms with E-state index in [0.717, 1.165) is 20.8 Å². The summed E-state index contributed by atoms with van der Waals surface area (Å²) < 4.78 is 5.02. The van der Waals surface area contributed by atoms with Crippen LogP contribution in [0.3, 0.4) is 0 Å². The minimum absolute atomic E-state index is 0.494. The number of rotatable bonds is 3. The van der Waals surface area contributed by atoms with Crippen LogP contribution in [0, 0.1) is 6.92 Å². The van der Waals surface area contributed by atoms with E-state index in [0.29, 0.717) is 6.54 Å². The predicted molar refractivity (Wildman–Crippen MR) is 60.9 cm³/mol. The molecule has 0 saturated heterocycles. The zero-order valence-corrected chi connectivity index (χ0v) is 9.81. The van der Waals surface area contributed by atoms with Crippen LogP contribution < -0.4 is 5.73 Å². The van der Waals surface area contributed by atoms with Crippen LogP contribution in [0.4, 0.5) is 0 Å². The van der Waals surface area contributed by atoms with Gasteiger partial charge in [-0.25, -0.2) is 9.97 Å². The van der Waals surface area contributed by atoms with Crippen molar-refractivity contribution in [3.05, 3.63) is 29.7 Å². The van der Waals surface area contributed by atoms with Crippen molar-refractivity contribution in [2.24, 2.45) is 5.73 Å². The van der Waals surface area contributed by atoms with Crippen molar-refractivity contribution in [1.29, 1.82) is 0 Å². The molecule has 0 unspecified atom stereocenters. The zero-order valence-electron chi connectivity index (χ0n) is 8.17. The summed E-state index contributed by atoms with van der Waals surface area (Å²) in [6.45, 7) is 2.37. The monoisotopic (exact) mass is 238 g/mol. The lowest BCUT2D eigenvalue weighted by Gasteiger charge is -2.02. The van der Waals surface area contributed by atoms with E-state index < -0.39 is 0 Å². The highest BCUT2D eigenvalue weighted by Gasteiger charge is 2.07. The van der Waals surface area contributed by atoms with Crippen LogP contribution in [0.2, 0.25) is 0 Å². The quantitative estimate of drug-likeness (QED) is 0.884. The Balaban J connectivity index is 2.23. The molecular formula is C9H10N4S2. The maximum Gasteiger partial charge on any atom is 0.176 e. The first kappa shape index (κ1) is 10.5. The normalized spacial score (nSPS) is 10.5. The van der Waals surface area contributed by atoms with Crippen LogP contribution in [-0.4, -0.2) is 14.3 Å². The standard InChI is InChI=1S/C9H10N4S2/c1-6-12-9(15-13-6)14-8-7(5-10)3-2-4-11-8/h2-4H,5,10H2,1H3. The minimum atomic E-state index is 0.494. The number of pyridine rings is 1. The fourth-order valence-electron chi connectivity index (χ4n) is 1.07.